The minimum Gasteiger partial charge on any atom is -0.504 e. The smallest absolute Gasteiger partial charge is 0.274 e. The minimum atomic E-state index is -0.965. The van der Waals surface area contributed by atoms with Gasteiger partial charge in [-0.3, -0.25) is 19.2 Å². The Morgan fingerprint density at radius 3 is 2.48 bits per heavy atom. The van der Waals surface area contributed by atoms with Gasteiger partial charge in [-0.05, 0) is 42.5 Å². The molecule has 2 aromatic carbocycles. The summed E-state index contributed by atoms with van der Waals surface area (Å²) in [5.41, 5.74) is 3.01. The molecule has 2 aliphatic heterocycles. The number of aromatic hydroxyl groups is 2. The summed E-state index contributed by atoms with van der Waals surface area (Å²) in [4.78, 5) is 66.4. The van der Waals surface area contributed by atoms with Gasteiger partial charge in [-0.2, -0.15) is 0 Å². The van der Waals surface area contributed by atoms with Gasteiger partial charge in [-0.25, -0.2) is 0 Å². The highest BCUT2D eigenvalue weighted by molar-refractivity contribution is 8.13. The fourth-order valence-electron chi connectivity index (χ4n) is 7.87. The summed E-state index contributed by atoms with van der Waals surface area (Å²) in [6.45, 7) is 0.482. The third-order valence-electron chi connectivity index (χ3n) is 10.2. The van der Waals surface area contributed by atoms with Gasteiger partial charge in [0.05, 0.1) is 42.7 Å². The topological polar surface area (TPSA) is 181 Å². The summed E-state index contributed by atoms with van der Waals surface area (Å²) in [5.74, 6) is 4.91. The molecule has 1 saturated heterocycles. The summed E-state index contributed by atoms with van der Waals surface area (Å²) in [7, 11) is 2.84. The molecule has 5 N–H and O–H groups in total. The molecular formula is C36H27N5O8S. The molecule has 2 amide bonds. The lowest BCUT2D eigenvalue weighted by atomic mass is 9.63. The van der Waals surface area contributed by atoms with E-state index in [0.29, 0.717) is 50.7 Å². The van der Waals surface area contributed by atoms with Crippen LogP contribution in [0.2, 0.25) is 0 Å². The molecule has 2 aliphatic carbocycles. The molecular weight excluding hydrogens is 662 g/mol. The standard InChI is InChI=1S/C36H27N5O8S/c1-48-26-12-20-15(9-24(26)42)8-21(37-20)34(46)41-14-16-4-6-36(16)19-11-22(38-29(19)25(43)13-27(36)41)33(45)40-7-5-17-18-10-23(35(47)50-3)39-28(18)32(49-2)31(44)30(17)40/h8-13,16,37-39,42,44H,5,7,14H2,1-3H3/t16?,36-/m1/s1. The van der Waals surface area contributed by atoms with Crippen LogP contribution in [0.3, 0.4) is 0 Å². The van der Waals surface area contributed by atoms with Crippen LogP contribution < -0.4 is 14.4 Å². The van der Waals surface area contributed by atoms with Crippen molar-refractivity contribution in [2.45, 2.75) is 11.8 Å². The molecule has 1 unspecified atom stereocenters. The van der Waals surface area contributed by atoms with Crippen LogP contribution in [0.25, 0.3) is 21.8 Å². The maximum atomic E-state index is 14.2. The number of aromatic amines is 3. The summed E-state index contributed by atoms with van der Waals surface area (Å²) in [5, 5.41) is 22.7. The number of nitrogens with one attached hydrogen (secondary N) is 3. The van der Waals surface area contributed by atoms with Crippen LogP contribution in [-0.2, 0) is 11.8 Å². The second-order valence-corrected chi connectivity index (χ2v) is 13.4. The number of likely N-dealkylation sites (tertiary alicyclic amines) is 1. The molecule has 50 heavy (non-hydrogen) atoms. The fraction of sp³-hybridized carbons (Fsp3) is 0.222. The average Bonchev–Trinajstić information content (AvgIpc) is 3.92. The maximum Gasteiger partial charge on any atom is 0.274 e. The van der Waals surface area contributed by atoms with Crippen molar-refractivity contribution in [2.24, 2.45) is 5.92 Å². The molecule has 2 atom stereocenters. The maximum absolute atomic E-state index is 14.2. The number of methoxy groups -OCH3 is 2. The van der Waals surface area contributed by atoms with Crippen molar-refractivity contribution in [3.8, 4) is 34.8 Å². The molecule has 14 heteroatoms. The van der Waals surface area contributed by atoms with Gasteiger partial charge in [0, 0.05) is 52.8 Å². The van der Waals surface area contributed by atoms with E-state index in [1.165, 1.54) is 36.2 Å². The predicted octanol–water partition coefficient (Wildman–Crippen LogP) is 4.22. The molecule has 0 saturated carbocycles. The number of benzene rings is 2. The predicted molar refractivity (Wildman–Crippen MR) is 183 cm³/mol. The molecule has 1 fully saturated rings. The van der Waals surface area contributed by atoms with Crippen LogP contribution in [0.4, 0.5) is 5.69 Å². The number of amides is 2. The number of nitrogens with zero attached hydrogens (tertiary/aromatic N) is 2. The van der Waals surface area contributed by atoms with Crippen LogP contribution in [-0.4, -0.2) is 86.3 Å². The molecule has 0 radical (unpaired) electrons. The zero-order chi connectivity index (χ0) is 34.8. The van der Waals surface area contributed by atoms with Gasteiger partial charge in [-0.1, -0.05) is 23.6 Å². The van der Waals surface area contributed by atoms with Crippen LogP contribution in [0.1, 0.15) is 53.1 Å². The van der Waals surface area contributed by atoms with Crippen LogP contribution in [0.15, 0.2) is 42.1 Å². The number of ketones is 1. The Balaban J connectivity index is 1.07. The number of H-pyrrole nitrogens is 3. The van der Waals surface area contributed by atoms with Crippen molar-refractivity contribution >= 4 is 62.0 Å². The molecule has 13 nitrogen and oxygen atoms in total. The second-order valence-electron chi connectivity index (χ2n) is 12.6. The molecule has 5 heterocycles. The first-order chi connectivity index (χ1) is 24.1. The Hall–Kier alpha value is -6.07. The number of anilines is 1. The molecule has 250 valence electrons. The summed E-state index contributed by atoms with van der Waals surface area (Å²) in [6, 6.07) is 8.08. The highest BCUT2D eigenvalue weighted by Gasteiger charge is 2.59. The average molecular weight is 690 g/mol. The van der Waals surface area contributed by atoms with E-state index in [2.05, 4.69) is 26.8 Å². The SMILES string of the molecule is COc1cc2[nH]c(C(=O)N3CC4C#C[C@@]45C3=CC(=O)c3[nH]c(C(=O)N4CCc6c4c(O)c(OC)c4[nH]c(C(=O)SC)cc64)cc35)cc2cc1O. The van der Waals surface area contributed by atoms with Crippen molar-refractivity contribution in [3.05, 3.63) is 76.0 Å². The highest BCUT2D eigenvalue weighted by Crippen LogP contribution is 2.55. The van der Waals surface area contributed by atoms with E-state index < -0.39 is 17.1 Å². The Bertz CT molecular complexity index is 2530. The lowest BCUT2D eigenvalue weighted by Gasteiger charge is -2.36. The molecule has 5 aromatic rings. The van der Waals surface area contributed by atoms with Gasteiger partial charge in [0.1, 0.15) is 16.8 Å². The lowest BCUT2D eigenvalue weighted by Crippen LogP contribution is -2.41. The number of aromatic nitrogens is 3. The molecule has 1 spiro atoms. The normalized spacial score (nSPS) is 19.7. The fourth-order valence-corrected chi connectivity index (χ4v) is 8.20. The zero-order valence-corrected chi connectivity index (χ0v) is 27.6. The van der Waals surface area contributed by atoms with E-state index in [-0.39, 0.29) is 75.8 Å². The van der Waals surface area contributed by atoms with Gasteiger partial charge in [0.15, 0.2) is 23.0 Å². The number of hydrogen-bond acceptors (Lipinski definition) is 9. The zero-order valence-electron chi connectivity index (χ0n) is 26.8. The van der Waals surface area contributed by atoms with E-state index in [9.17, 15) is 29.4 Å². The largest absolute Gasteiger partial charge is 0.504 e. The van der Waals surface area contributed by atoms with Crippen molar-refractivity contribution in [1.82, 2.24) is 19.9 Å². The van der Waals surface area contributed by atoms with Crippen LogP contribution in [0.5, 0.6) is 23.0 Å². The number of rotatable bonds is 5. The Labute approximate surface area is 287 Å². The summed E-state index contributed by atoms with van der Waals surface area (Å²) >= 11 is 1.05. The number of fused-ring (bicyclic) bond motifs is 5. The molecule has 9 rings (SSSR count). The van der Waals surface area contributed by atoms with Gasteiger partial charge in [-0.15, -0.1) is 0 Å². The van der Waals surface area contributed by atoms with Crippen LogP contribution in [0, 0.1) is 17.8 Å². The first-order valence-corrected chi connectivity index (χ1v) is 16.9. The van der Waals surface area contributed by atoms with Crippen LogP contribution >= 0.6 is 11.8 Å². The van der Waals surface area contributed by atoms with Gasteiger partial charge < -0.3 is 44.4 Å². The Kier molecular flexibility index (Phi) is 6.14. The number of allylic oxidation sites excluding steroid dienone is 2. The van der Waals surface area contributed by atoms with E-state index in [4.69, 9.17) is 9.47 Å². The third-order valence-corrected chi connectivity index (χ3v) is 10.8. The van der Waals surface area contributed by atoms with Gasteiger partial charge >= 0.3 is 0 Å². The highest BCUT2D eigenvalue weighted by atomic mass is 32.2. The van der Waals surface area contributed by atoms with E-state index in [0.717, 1.165) is 11.8 Å². The first-order valence-electron chi connectivity index (χ1n) is 15.7. The monoisotopic (exact) mass is 689 g/mol. The molecule has 4 aliphatic rings. The number of carbonyl (C=O) groups is 4. The summed E-state index contributed by atoms with van der Waals surface area (Å²) < 4.78 is 10.7. The van der Waals surface area contributed by atoms with E-state index in [1.54, 1.807) is 30.5 Å². The number of thioether (sulfide) groups is 1. The lowest BCUT2D eigenvalue weighted by molar-refractivity contribution is 0.0815. The van der Waals surface area contributed by atoms with Gasteiger partial charge in [0.25, 0.3) is 11.8 Å². The second kappa shape index (κ2) is 10.2. The number of ether oxygens (including phenoxy) is 2. The number of phenolic OH excluding ortho intramolecular Hbond substituents is 2. The quantitative estimate of drug-likeness (QED) is 0.169. The Morgan fingerprint density at radius 2 is 1.76 bits per heavy atom. The molecule has 3 aromatic heterocycles. The number of carbonyl (C=O) groups excluding carboxylic acids is 4. The third kappa shape index (κ3) is 3.75. The van der Waals surface area contributed by atoms with Crippen molar-refractivity contribution in [2.75, 3.05) is 38.5 Å². The van der Waals surface area contributed by atoms with Gasteiger partial charge in [0.2, 0.25) is 10.9 Å². The van der Waals surface area contributed by atoms with E-state index >= 15 is 0 Å². The van der Waals surface area contributed by atoms with Crippen molar-refractivity contribution in [3.63, 3.8) is 0 Å². The van der Waals surface area contributed by atoms with Crippen molar-refractivity contribution < 1.29 is 38.9 Å². The summed E-state index contributed by atoms with van der Waals surface area (Å²) in [6.07, 6.45) is 3.51. The van der Waals surface area contributed by atoms with E-state index in [1.807, 2.05) is 0 Å². The first kappa shape index (κ1) is 30.0. The molecule has 0 bridgehead atoms. The minimum absolute atomic E-state index is 0.0585. The Morgan fingerprint density at radius 1 is 0.980 bits per heavy atom. The van der Waals surface area contributed by atoms with Crippen molar-refractivity contribution in [1.29, 1.82) is 0 Å². The number of phenols is 2. The number of hydrogen-bond donors (Lipinski definition) is 5.